The lowest BCUT2D eigenvalue weighted by Gasteiger charge is -2.29. The van der Waals surface area contributed by atoms with E-state index in [1.54, 1.807) is 19.1 Å². The van der Waals surface area contributed by atoms with Crippen LogP contribution in [0.1, 0.15) is 33.1 Å². The number of hydrogen-bond acceptors (Lipinski definition) is 5. The highest BCUT2D eigenvalue weighted by molar-refractivity contribution is 6.04. The standard InChI is InChI=1S/C23H19F3N2O6/c1-11-6-15-19-16(7-11)34-10-14(8-12-2-4-13(5-3-12)23(24,25)26)28(19)22(33)18(20(15)31)21(32)27-9-17(29)30/h2-7,14,31H,8-10H2,1H3,(H,27,32)(H,29,30). The largest absolute Gasteiger partial charge is 0.506 e. The first kappa shape index (κ1) is 23.1. The summed E-state index contributed by atoms with van der Waals surface area (Å²) in [6.45, 7) is 0.965. The number of hydrogen-bond donors (Lipinski definition) is 3. The van der Waals surface area contributed by atoms with Crippen molar-refractivity contribution >= 4 is 22.8 Å². The number of benzene rings is 2. The molecule has 4 rings (SSSR count). The number of rotatable bonds is 5. The second-order valence-electron chi connectivity index (χ2n) is 8.00. The molecule has 8 nitrogen and oxygen atoms in total. The van der Waals surface area contributed by atoms with Crippen LogP contribution in [0.5, 0.6) is 11.5 Å². The number of halogens is 3. The molecule has 0 fully saturated rings. The molecular formula is C23H19F3N2O6. The van der Waals surface area contributed by atoms with Gasteiger partial charge in [0, 0.05) is 5.39 Å². The highest BCUT2D eigenvalue weighted by Crippen LogP contribution is 2.39. The van der Waals surface area contributed by atoms with Gasteiger partial charge in [-0.05, 0) is 48.7 Å². The van der Waals surface area contributed by atoms with Gasteiger partial charge in [-0.15, -0.1) is 0 Å². The Balaban J connectivity index is 1.83. The normalized spacial score (nSPS) is 15.1. The van der Waals surface area contributed by atoms with Gasteiger partial charge >= 0.3 is 12.1 Å². The third-order valence-electron chi connectivity index (χ3n) is 5.56. The Labute approximate surface area is 190 Å². The summed E-state index contributed by atoms with van der Waals surface area (Å²) in [5.74, 6) is -2.69. The lowest BCUT2D eigenvalue weighted by molar-refractivity contribution is -0.138. The molecule has 3 aromatic rings. The topological polar surface area (TPSA) is 118 Å². The quantitative estimate of drug-likeness (QED) is 0.521. The first-order valence-electron chi connectivity index (χ1n) is 10.2. The Hall–Kier alpha value is -4.02. The summed E-state index contributed by atoms with van der Waals surface area (Å²) in [7, 11) is 0. The van der Waals surface area contributed by atoms with Crippen LogP contribution in [0.15, 0.2) is 41.2 Å². The van der Waals surface area contributed by atoms with Gasteiger partial charge in [0.2, 0.25) is 0 Å². The molecule has 1 aromatic heterocycles. The van der Waals surface area contributed by atoms with Crippen LogP contribution >= 0.6 is 0 Å². The average Bonchev–Trinajstić information content (AvgIpc) is 2.76. The summed E-state index contributed by atoms with van der Waals surface area (Å²) in [4.78, 5) is 36.8. The van der Waals surface area contributed by atoms with Crippen molar-refractivity contribution < 1.29 is 37.7 Å². The number of carbonyl (C=O) groups excluding carboxylic acids is 1. The number of nitrogens with one attached hydrogen (secondary N) is 1. The van der Waals surface area contributed by atoms with Crippen molar-refractivity contribution in [3.05, 3.63) is 69.0 Å². The average molecular weight is 476 g/mol. The smallest absolute Gasteiger partial charge is 0.416 e. The summed E-state index contributed by atoms with van der Waals surface area (Å²) >= 11 is 0. The van der Waals surface area contributed by atoms with Gasteiger partial charge in [0.15, 0.2) is 0 Å². The minimum atomic E-state index is -4.48. The lowest BCUT2D eigenvalue weighted by Crippen LogP contribution is -2.39. The van der Waals surface area contributed by atoms with Gasteiger partial charge in [-0.2, -0.15) is 13.2 Å². The van der Waals surface area contributed by atoms with E-state index in [2.05, 4.69) is 5.32 Å². The minimum Gasteiger partial charge on any atom is -0.506 e. The lowest BCUT2D eigenvalue weighted by atomic mass is 10.00. The molecule has 2 aromatic carbocycles. The molecule has 0 spiro atoms. The molecule has 1 aliphatic heterocycles. The number of aromatic hydroxyl groups is 1. The van der Waals surface area contributed by atoms with Crippen molar-refractivity contribution in [2.45, 2.75) is 25.6 Å². The zero-order valence-electron chi connectivity index (χ0n) is 17.8. The number of alkyl halides is 3. The van der Waals surface area contributed by atoms with Gasteiger partial charge in [0.05, 0.1) is 17.1 Å². The van der Waals surface area contributed by atoms with Crippen molar-refractivity contribution in [2.75, 3.05) is 13.2 Å². The zero-order valence-corrected chi connectivity index (χ0v) is 17.8. The number of nitrogens with zero attached hydrogens (tertiary/aromatic N) is 1. The van der Waals surface area contributed by atoms with E-state index in [1.807, 2.05) is 0 Å². The number of aryl methyl sites for hydroxylation is 1. The molecule has 34 heavy (non-hydrogen) atoms. The number of amides is 1. The zero-order chi connectivity index (χ0) is 24.8. The maximum Gasteiger partial charge on any atom is 0.416 e. The molecule has 0 bridgehead atoms. The summed E-state index contributed by atoms with van der Waals surface area (Å²) in [5.41, 5.74) is -0.865. The van der Waals surface area contributed by atoms with Crippen LogP contribution in [0.25, 0.3) is 10.9 Å². The van der Waals surface area contributed by atoms with E-state index in [-0.39, 0.29) is 23.9 Å². The van der Waals surface area contributed by atoms with Gasteiger partial charge in [-0.3, -0.25) is 19.0 Å². The van der Waals surface area contributed by atoms with Gasteiger partial charge in [-0.1, -0.05) is 12.1 Å². The molecule has 0 aliphatic carbocycles. The van der Waals surface area contributed by atoms with Crippen molar-refractivity contribution in [1.82, 2.24) is 9.88 Å². The second-order valence-corrected chi connectivity index (χ2v) is 8.00. The minimum absolute atomic E-state index is 0.00651. The Morgan fingerprint density at radius 3 is 2.50 bits per heavy atom. The fourth-order valence-electron chi connectivity index (χ4n) is 4.05. The van der Waals surface area contributed by atoms with Crippen LogP contribution in [-0.2, 0) is 17.4 Å². The first-order valence-corrected chi connectivity index (χ1v) is 10.2. The molecule has 1 atom stereocenters. The van der Waals surface area contributed by atoms with Crippen molar-refractivity contribution in [1.29, 1.82) is 0 Å². The molecule has 1 aliphatic rings. The van der Waals surface area contributed by atoms with E-state index < -0.39 is 53.1 Å². The number of carboxylic acids is 1. The maximum atomic E-state index is 13.4. The molecule has 0 radical (unpaired) electrons. The Kier molecular flexibility index (Phi) is 5.72. The highest BCUT2D eigenvalue weighted by atomic mass is 19.4. The maximum absolute atomic E-state index is 13.4. The van der Waals surface area contributed by atoms with Crippen LogP contribution in [0.4, 0.5) is 13.2 Å². The monoisotopic (exact) mass is 476 g/mol. The van der Waals surface area contributed by atoms with E-state index in [0.29, 0.717) is 16.9 Å². The van der Waals surface area contributed by atoms with Crippen molar-refractivity contribution in [3.63, 3.8) is 0 Å². The third kappa shape index (κ3) is 4.16. The molecule has 1 unspecified atom stereocenters. The molecule has 2 heterocycles. The third-order valence-corrected chi connectivity index (χ3v) is 5.56. The van der Waals surface area contributed by atoms with Gasteiger partial charge in [0.25, 0.3) is 11.5 Å². The summed E-state index contributed by atoms with van der Waals surface area (Å²) in [6.07, 6.45) is -4.37. The number of aromatic nitrogens is 1. The van der Waals surface area contributed by atoms with E-state index in [4.69, 9.17) is 9.84 Å². The number of ether oxygens (including phenoxy) is 1. The number of carboxylic acid groups (broad SMARTS) is 1. The fourth-order valence-corrected chi connectivity index (χ4v) is 4.05. The summed E-state index contributed by atoms with van der Waals surface area (Å²) < 4.78 is 45.7. The summed E-state index contributed by atoms with van der Waals surface area (Å²) in [5, 5.41) is 21.8. The molecular weight excluding hydrogens is 457 g/mol. The second kappa shape index (κ2) is 8.40. The predicted octanol–water partition coefficient (Wildman–Crippen LogP) is 3.02. The molecule has 0 saturated carbocycles. The van der Waals surface area contributed by atoms with E-state index >= 15 is 0 Å². The van der Waals surface area contributed by atoms with Crippen LogP contribution < -0.4 is 15.6 Å². The van der Waals surface area contributed by atoms with Crippen molar-refractivity contribution in [3.8, 4) is 11.5 Å². The molecule has 1 amide bonds. The molecule has 3 N–H and O–H groups in total. The van der Waals surface area contributed by atoms with Crippen LogP contribution in [0.3, 0.4) is 0 Å². The molecule has 11 heteroatoms. The Morgan fingerprint density at radius 2 is 1.88 bits per heavy atom. The highest BCUT2D eigenvalue weighted by Gasteiger charge is 2.32. The fraction of sp³-hybridized carbons (Fsp3) is 0.261. The van der Waals surface area contributed by atoms with Gasteiger partial charge < -0.3 is 20.3 Å². The Bertz CT molecular complexity index is 1360. The SMILES string of the molecule is Cc1cc2c3c(c1)c(O)c(C(=O)NCC(=O)O)c(=O)n3C(Cc1ccc(C(F)(F)F)cc1)CO2. The number of carbonyl (C=O) groups is 2. The van der Waals surface area contributed by atoms with Crippen LogP contribution in [0, 0.1) is 6.92 Å². The van der Waals surface area contributed by atoms with Gasteiger partial charge in [-0.25, -0.2) is 0 Å². The van der Waals surface area contributed by atoms with Crippen molar-refractivity contribution in [2.24, 2.45) is 0 Å². The first-order chi connectivity index (χ1) is 16.0. The predicted molar refractivity (Wildman–Crippen MR) is 114 cm³/mol. The van der Waals surface area contributed by atoms with E-state index in [1.165, 1.54) is 16.7 Å². The number of pyridine rings is 1. The Morgan fingerprint density at radius 1 is 1.21 bits per heavy atom. The molecule has 0 saturated heterocycles. The number of aliphatic carboxylic acids is 1. The van der Waals surface area contributed by atoms with Gasteiger partial charge in [0.1, 0.15) is 30.2 Å². The van der Waals surface area contributed by atoms with E-state index in [0.717, 1.165) is 12.1 Å². The summed E-state index contributed by atoms with van der Waals surface area (Å²) in [6, 6.07) is 7.01. The van der Waals surface area contributed by atoms with Crippen LogP contribution in [-0.4, -0.2) is 39.8 Å². The van der Waals surface area contributed by atoms with E-state index in [9.17, 15) is 32.7 Å². The van der Waals surface area contributed by atoms with Crippen LogP contribution in [0.2, 0.25) is 0 Å². The molecule has 178 valence electrons.